The van der Waals surface area contributed by atoms with E-state index in [-0.39, 0.29) is 18.4 Å². The van der Waals surface area contributed by atoms with Gasteiger partial charge in [-0.15, -0.1) is 0 Å². The lowest BCUT2D eigenvalue weighted by molar-refractivity contribution is -0.121. The van der Waals surface area contributed by atoms with Crippen molar-refractivity contribution in [1.29, 1.82) is 0 Å². The number of benzene rings is 1. The molecule has 0 spiro atoms. The summed E-state index contributed by atoms with van der Waals surface area (Å²) >= 11 is 5.91. The fourth-order valence-corrected chi connectivity index (χ4v) is 2.01. The van der Waals surface area contributed by atoms with Crippen molar-refractivity contribution >= 4 is 23.4 Å². The molecule has 122 valence electrons. The van der Waals surface area contributed by atoms with Gasteiger partial charge in [0.25, 0.3) is 5.91 Å². The molecule has 0 saturated heterocycles. The van der Waals surface area contributed by atoms with E-state index in [4.69, 9.17) is 21.1 Å². The van der Waals surface area contributed by atoms with Crippen LogP contribution < -0.4 is 10.1 Å². The number of hydrogen-bond acceptors (Lipinski definition) is 4. The third-order valence-electron chi connectivity index (χ3n) is 2.97. The molecule has 1 rings (SSSR count). The van der Waals surface area contributed by atoms with E-state index in [9.17, 15) is 9.59 Å². The van der Waals surface area contributed by atoms with Gasteiger partial charge in [-0.1, -0.05) is 11.6 Å². The Morgan fingerprint density at radius 1 is 1.32 bits per heavy atom. The molecule has 2 amide bonds. The summed E-state index contributed by atoms with van der Waals surface area (Å²) in [7, 11) is 4.63. The summed E-state index contributed by atoms with van der Waals surface area (Å²) in [6.07, 6.45) is 0.724. The second-order valence-electron chi connectivity index (χ2n) is 4.70. The summed E-state index contributed by atoms with van der Waals surface area (Å²) in [6.45, 7) is 1.05. The van der Waals surface area contributed by atoms with E-state index in [1.165, 1.54) is 18.1 Å². The van der Waals surface area contributed by atoms with Crippen LogP contribution in [0, 0.1) is 0 Å². The van der Waals surface area contributed by atoms with Gasteiger partial charge in [0.05, 0.1) is 19.2 Å². The van der Waals surface area contributed by atoms with Crippen LogP contribution in [-0.2, 0) is 9.53 Å². The number of carbonyl (C=O) groups is 2. The van der Waals surface area contributed by atoms with Gasteiger partial charge in [0, 0.05) is 32.3 Å². The molecule has 0 aliphatic carbocycles. The van der Waals surface area contributed by atoms with Gasteiger partial charge in [-0.3, -0.25) is 9.59 Å². The fourth-order valence-electron chi connectivity index (χ4n) is 1.84. The molecule has 6 nitrogen and oxygen atoms in total. The van der Waals surface area contributed by atoms with Crippen molar-refractivity contribution in [2.24, 2.45) is 0 Å². The van der Waals surface area contributed by atoms with Crippen molar-refractivity contribution in [2.45, 2.75) is 6.42 Å². The largest absolute Gasteiger partial charge is 0.496 e. The highest BCUT2D eigenvalue weighted by molar-refractivity contribution is 6.31. The molecule has 1 aromatic carbocycles. The number of methoxy groups -OCH3 is 2. The normalized spacial score (nSPS) is 10.2. The van der Waals surface area contributed by atoms with E-state index in [2.05, 4.69) is 5.32 Å². The van der Waals surface area contributed by atoms with Gasteiger partial charge in [0.2, 0.25) is 5.91 Å². The lowest BCUT2D eigenvalue weighted by Crippen LogP contribution is -2.39. The first-order valence-corrected chi connectivity index (χ1v) is 7.22. The molecule has 7 heteroatoms. The minimum atomic E-state index is -0.327. The van der Waals surface area contributed by atoms with Gasteiger partial charge in [-0.2, -0.15) is 0 Å². The van der Waals surface area contributed by atoms with Crippen LogP contribution in [0.3, 0.4) is 0 Å². The molecule has 1 N–H and O–H groups in total. The molecule has 0 fully saturated rings. The van der Waals surface area contributed by atoms with Crippen LogP contribution in [0.4, 0.5) is 0 Å². The summed E-state index contributed by atoms with van der Waals surface area (Å²) < 4.78 is 10.0. The summed E-state index contributed by atoms with van der Waals surface area (Å²) in [6, 6.07) is 4.78. The third-order valence-corrected chi connectivity index (χ3v) is 3.20. The van der Waals surface area contributed by atoms with E-state index < -0.39 is 0 Å². The number of hydrogen-bond donors (Lipinski definition) is 1. The molecular formula is C15H21ClN2O4. The lowest BCUT2D eigenvalue weighted by atomic mass is 10.1. The Labute approximate surface area is 135 Å². The fraction of sp³-hybridized carbons (Fsp3) is 0.467. The van der Waals surface area contributed by atoms with Gasteiger partial charge >= 0.3 is 0 Å². The third kappa shape index (κ3) is 5.54. The highest BCUT2D eigenvalue weighted by Gasteiger charge is 2.19. The van der Waals surface area contributed by atoms with Gasteiger partial charge in [0.15, 0.2) is 0 Å². The van der Waals surface area contributed by atoms with E-state index in [0.29, 0.717) is 29.5 Å². The van der Waals surface area contributed by atoms with Crippen molar-refractivity contribution in [3.05, 3.63) is 28.8 Å². The zero-order chi connectivity index (χ0) is 16.5. The minimum absolute atomic E-state index is 0.0402. The highest BCUT2D eigenvalue weighted by Crippen LogP contribution is 2.23. The second kappa shape index (κ2) is 9.27. The van der Waals surface area contributed by atoms with Crippen molar-refractivity contribution in [3.8, 4) is 5.75 Å². The van der Waals surface area contributed by atoms with E-state index in [0.717, 1.165) is 6.42 Å². The number of nitrogens with zero attached hydrogens (tertiary/aromatic N) is 1. The maximum absolute atomic E-state index is 12.4. The van der Waals surface area contributed by atoms with E-state index in [1.807, 2.05) is 0 Å². The number of rotatable bonds is 8. The first-order chi connectivity index (χ1) is 10.5. The van der Waals surface area contributed by atoms with E-state index in [1.54, 1.807) is 26.3 Å². The Morgan fingerprint density at radius 2 is 2.05 bits per heavy atom. The molecular weight excluding hydrogens is 308 g/mol. The molecule has 22 heavy (non-hydrogen) atoms. The van der Waals surface area contributed by atoms with Crippen LogP contribution in [0.15, 0.2) is 18.2 Å². The Balaban J connectivity index is 2.61. The maximum atomic E-state index is 12.4. The van der Waals surface area contributed by atoms with Crippen LogP contribution in [0.25, 0.3) is 0 Å². The maximum Gasteiger partial charge on any atom is 0.257 e. The van der Waals surface area contributed by atoms with Crippen molar-refractivity contribution in [3.63, 3.8) is 0 Å². The zero-order valence-corrected chi connectivity index (χ0v) is 13.8. The summed E-state index contributed by atoms with van der Waals surface area (Å²) in [5, 5.41) is 3.16. The van der Waals surface area contributed by atoms with Crippen LogP contribution in [0.5, 0.6) is 5.75 Å². The lowest BCUT2D eigenvalue weighted by Gasteiger charge is -2.18. The number of ether oxygens (including phenoxy) is 2. The average molecular weight is 329 g/mol. The van der Waals surface area contributed by atoms with Crippen molar-refractivity contribution in [1.82, 2.24) is 10.2 Å². The van der Waals surface area contributed by atoms with Gasteiger partial charge in [-0.25, -0.2) is 0 Å². The SMILES string of the molecule is COCCCNC(=O)CN(C)C(=O)c1cc(Cl)ccc1OC. The van der Waals surface area contributed by atoms with Crippen LogP contribution in [-0.4, -0.2) is 57.7 Å². The molecule has 0 aliphatic heterocycles. The molecule has 0 radical (unpaired) electrons. The molecule has 0 aromatic heterocycles. The predicted molar refractivity (Wildman–Crippen MR) is 84.5 cm³/mol. The molecule has 0 aliphatic rings. The first kappa shape index (κ1) is 18.3. The average Bonchev–Trinajstić information content (AvgIpc) is 2.50. The Morgan fingerprint density at radius 3 is 2.68 bits per heavy atom. The van der Waals surface area contributed by atoms with Gasteiger partial charge in [-0.05, 0) is 24.6 Å². The summed E-state index contributed by atoms with van der Waals surface area (Å²) in [5.41, 5.74) is 0.324. The minimum Gasteiger partial charge on any atom is -0.496 e. The van der Waals surface area contributed by atoms with Crippen LogP contribution >= 0.6 is 11.6 Å². The number of halogens is 1. The second-order valence-corrected chi connectivity index (χ2v) is 5.14. The molecule has 0 atom stereocenters. The molecule has 0 bridgehead atoms. The molecule has 0 heterocycles. The van der Waals surface area contributed by atoms with E-state index >= 15 is 0 Å². The smallest absolute Gasteiger partial charge is 0.257 e. The van der Waals surface area contributed by atoms with Gasteiger partial charge in [0.1, 0.15) is 5.75 Å². The molecule has 0 unspecified atom stereocenters. The number of amides is 2. The first-order valence-electron chi connectivity index (χ1n) is 6.84. The number of nitrogens with one attached hydrogen (secondary N) is 1. The summed E-state index contributed by atoms with van der Waals surface area (Å²) in [4.78, 5) is 25.5. The predicted octanol–water partition coefficient (Wildman–Crippen LogP) is 1.57. The van der Waals surface area contributed by atoms with Crippen molar-refractivity contribution < 1.29 is 19.1 Å². The number of carbonyl (C=O) groups excluding carboxylic acids is 2. The van der Waals surface area contributed by atoms with Crippen LogP contribution in [0.2, 0.25) is 5.02 Å². The Kier molecular flexibility index (Phi) is 7.70. The molecule has 0 saturated carbocycles. The Bertz CT molecular complexity index is 522. The number of likely N-dealkylation sites (N-methyl/N-ethyl adjacent to an activating group) is 1. The monoisotopic (exact) mass is 328 g/mol. The Hall–Kier alpha value is -1.79. The standard InChI is InChI=1S/C15H21ClN2O4/c1-18(10-14(19)17-7-4-8-21-2)15(20)12-9-11(16)5-6-13(12)22-3/h5-6,9H,4,7-8,10H2,1-3H3,(H,17,19). The molecule has 1 aromatic rings. The summed E-state index contributed by atoms with van der Waals surface area (Å²) in [5.74, 6) is -0.138. The quantitative estimate of drug-likeness (QED) is 0.736. The zero-order valence-electron chi connectivity index (χ0n) is 13.0. The van der Waals surface area contributed by atoms with Crippen molar-refractivity contribution in [2.75, 3.05) is 41.0 Å². The van der Waals surface area contributed by atoms with Gasteiger partial charge < -0.3 is 19.7 Å². The van der Waals surface area contributed by atoms with Crippen LogP contribution in [0.1, 0.15) is 16.8 Å². The highest BCUT2D eigenvalue weighted by atomic mass is 35.5. The topological polar surface area (TPSA) is 67.9 Å².